The van der Waals surface area contributed by atoms with Crippen molar-refractivity contribution in [3.63, 3.8) is 0 Å². The van der Waals surface area contributed by atoms with E-state index < -0.39 is 0 Å². The lowest BCUT2D eigenvalue weighted by atomic mass is 10.1. The number of hydrogen-bond donors (Lipinski definition) is 1. The van der Waals surface area contributed by atoms with E-state index >= 15 is 0 Å². The molecule has 0 saturated heterocycles. The standard InChI is InChI=1S/C12H19N3/c1-5-8-15(12(2,3)4)11-9-10(13)6-7-14-11/h5-7,9H,1,8H2,2-4H3,(H2,13,14). The number of nitrogens with zero attached hydrogens (tertiary/aromatic N) is 2. The summed E-state index contributed by atoms with van der Waals surface area (Å²) >= 11 is 0. The topological polar surface area (TPSA) is 42.1 Å². The number of pyridine rings is 1. The van der Waals surface area contributed by atoms with E-state index in [0.29, 0.717) is 0 Å². The molecule has 0 unspecified atom stereocenters. The molecule has 0 radical (unpaired) electrons. The van der Waals surface area contributed by atoms with E-state index in [9.17, 15) is 0 Å². The average Bonchev–Trinajstić information content (AvgIpc) is 2.12. The number of anilines is 2. The Bertz CT molecular complexity index is 339. The summed E-state index contributed by atoms with van der Waals surface area (Å²) < 4.78 is 0. The van der Waals surface area contributed by atoms with Crippen molar-refractivity contribution in [1.82, 2.24) is 4.98 Å². The molecule has 0 bridgehead atoms. The molecule has 3 nitrogen and oxygen atoms in total. The fraction of sp³-hybridized carbons (Fsp3) is 0.417. The summed E-state index contributed by atoms with van der Waals surface area (Å²) in [6.45, 7) is 10.9. The molecule has 0 spiro atoms. The largest absolute Gasteiger partial charge is 0.399 e. The van der Waals surface area contributed by atoms with Crippen molar-refractivity contribution < 1.29 is 0 Å². The summed E-state index contributed by atoms with van der Waals surface area (Å²) in [6.07, 6.45) is 3.60. The normalized spacial score (nSPS) is 11.1. The Labute approximate surface area is 91.6 Å². The predicted molar refractivity (Wildman–Crippen MR) is 65.9 cm³/mol. The van der Waals surface area contributed by atoms with Crippen LogP contribution >= 0.6 is 0 Å². The Morgan fingerprint density at radius 3 is 2.67 bits per heavy atom. The summed E-state index contributed by atoms with van der Waals surface area (Å²) in [5.41, 5.74) is 6.49. The Hall–Kier alpha value is -1.51. The second-order valence-electron chi connectivity index (χ2n) is 4.52. The van der Waals surface area contributed by atoms with Gasteiger partial charge in [-0.2, -0.15) is 0 Å². The van der Waals surface area contributed by atoms with Gasteiger partial charge in [-0.05, 0) is 26.8 Å². The van der Waals surface area contributed by atoms with Crippen LogP contribution in [0.2, 0.25) is 0 Å². The molecule has 0 aliphatic carbocycles. The first-order chi connectivity index (χ1) is 6.95. The smallest absolute Gasteiger partial charge is 0.131 e. The van der Waals surface area contributed by atoms with E-state index in [1.54, 1.807) is 12.3 Å². The minimum atomic E-state index is 0.00891. The summed E-state index contributed by atoms with van der Waals surface area (Å²) in [4.78, 5) is 6.49. The quantitative estimate of drug-likeness (QED) is 0.771. The highest BCUT2D eigenvalue weighted by Gasteiger charge is 2.21. The Morgan fingerprint density at radius 2 is 2.20 bits per heavy atom. The summed E-state index contributed by atoms with van der Waals surface area (Å²) in [5, 5.41) is 0. The van der Waals surface area contributed by atoms with E-state index in [2.05, 4.69) is 37.2 Å². The van der Waals surface area contributed by atoms with E-state index in [0.717, 1.165) is 18.1 Å². The second-order valence-corrected chi connectivity index (χ2v) is 4.52. The van der Waals surface area contributed by atoms with Gasteiger partial charge in [-0.3, -0.25) is 0 Å². The van der Waals surface area contributed by atoms with Gasteiger partial charge in [0.25, 0.3) is 0 Å². The van der Waals surface area contributed by atoms with Crippen molar-refractivity contribution in [3.8, 4) is 0 Å². The minimum Gasteiger partial charge on any atom is -0.399 e. The maximum absolute atomic E-state index is 5.74. The van der Waals surface area contributed by atoms with E-state index in [1.165, 1.54) is 0 Å². The van der Waals surface area contributed by atoms with Gasteiger partial charge in [0.15, 0.2) is 0 Å². The van der Waals surface area contributed by atoms with Gasteiger partial charge >= 0.3 is 0 Å². The molecular weight excluding hydrogens is 186 g/mol. The minimum absolute atomic E-state index is 0.00891. The SMILES string of the molecule is C=CCN(c1cc(N)ccn1)C(C)(C)C. The van der Waals surface area contributed by atoms with Crippen molar-refractivity contribution in [3.05, 3.63) is 31.0 Å². The molecule has 0 aliphatic rings. The van der Waals surface area contributed by atoms with Crippen LogP contribution in [-0.4, -0.2) is 17.1 Å². The first kappa shape index (κ1) is 11.6. The van der Waals surface area contributed by atoms with Crippen LogP contribution in [0.3, 0.4) is 0 Å². The van der Waals surface area contributed by atoms with Crippen LogP contribution in [0.1, 0.15) is 20.8 Å². The summed E-state index contributed by atoms with van der Waals surface area (Å²) in [6, 6.07) is 3.67. The van der Waals surface area contributed by atoms with Crippen LogP contribution in [0.5, 0.6) is 0 Å². The van der Waals surface area contributed by atoms with Crippen LogP contribution in [-0.2, 0) is 0 Å². The van der Waals surface area contributed by atoms with Crippen molar-refractivity contribution in [2.24, 2.45) is 0 Å². The van der Waals surface area contributed by atoms with Gasteiger partial charge in [0.05, 0.1) is 0 Å². The number of nitrogens with two attached hydrogens (primary N) is 1. The molecule has 3 heteroatoms. The van der Waals surface area contributed by atoms with Gasteiger partial charge in [0.1, 0.15) is 5.82 Å². The zero-order valence-corrected chi connectivity index (χ0v) is 9.70. The molecule has 0 saturated carbocycles. The number of rotatable bonds is 3. The second kappa shape index (κ2) is 4.34. The van der Waals surface area contributed by atoms with Crippen LogP contribution in [0.15, 0.2) is 31.0 Å². The van der Waals surface area contributed by atoms with Gasteiger partial charge in [-0.25, -0.2) is 4.98 Å². The maximum atomic E-state index is 5.74. The molecule has 0 aromatic carbocycles. The molecule has 82 valence electrons. The highest BCUT2D eigenvalue weighted by Crippen LogP contribution is 2.22. The summed E-state index contributed by atoms with van der Waals surface area (Å²) in [5.74, 6) is 0.891. The lowest BCUT2D eigenvalue weighted by Crippen LogP contribution is -2.42. The van der Waals surface area contributed by atoms with Gasteiger partial charge in [0, 0.05) is 30.0 Å². The van der Waals surface area contributed by atoms with Crippen LogP contribution in [0, 0.1) is 0 Å². The predicted octanol–water partition coefficient (Wildman–Crippen LogP) is 2.45. The first-order valence-corrected chi connectivity index (χ1v) is 5.05. The van der Waals surface area contributed by atoms with Crippen molar-refractivity contribution in [1.29, 1.82) is 0 Å². The van der Waals surface area contributed by atoms with Crippen molar-refractivity contribution in [2.75, 3.05) is 17.2 Å². The first-order valence-electron chi connectivity index (χ1n) is 5.05. The molecule has 1 aromatic rings. The molecule has 0 aliphatic heterocycles. The third-order valence-electron chi connectivity index (χ3n) is 2.17. The third-order valence-corrected chi connectivity index (χ3v) is 2.17. The molecule has 2 N–H and O–H groups in total. The van der Waals surface area contributed by atoms with Crippen molar-refractivity contribution in [2.45, 2.75) is 26.3 Å². The van der Waals surface area contributed by atoms with Gasteiger partial charge in [0.2, 0.25) is 0 Å². The third kappa shape index (κ3) is 2.98. The Morgan fingerprint density at radius 1 is 1.53 bits per heavy atom. The lowest BCUT2D eigenvalue weighted by Gasteiger charge is -2.36. The van der Waals surface area contributed by atoms with Crippen LogP contribution in [0.25, 0.3) is 0 Å². The maximum Gasteiger partial charge on any atom is 0.131 e. The highest BCUT2D eigenvalue weighted by atomic mass is 15.2. The monoisotopic (exact) mass is 205 g/mol. The molecule has 1 aromatic heterocycles. The number of nitrogen functional groups attached to an aromatic ring is 1. The zero-order chi connectivity index (χ0) is 11.5. The Kier molecular flexibility index (Phi) is 3.35. The van der Waals surface area contributed by atoms with Gasteiger partial charge in [-0.1, -0.05) is 6.08 Å². The molecule has 0 amide bonds. The fourth-order valence-corrected chi connectivity index (χ4v) is 1.42. The highest BCUT2D eigenvalue weighted by molar-refractivity contribution is 5.51. The van der Waals surface area contributed by atoms with E-state index in [4.69, 9.17) is 5.73 Å². The summed E-state index contributed by atoms with van der Waals surface area (Å²) in [7, 11) is 0. The zero-order valence-electron chi connectivity index (χ0n) is 9.70. The van der Waals surface area contributed by atoms with Crippen LogP contribution in [0.4, 0.5) is 11.5 Å². The average molecular weight is 205 g/mol. The molecule has 0 fully saturated rings. The number of aromatic nitrogens is 1. The fourth-order valence-electron chi connectivity index (χ4n) is 1.42. The van der Waals surface area contributed by atoms with E-state index in [1.807, 2.05) is 12.1 Å². The van der Waals surface area contributed by atoms with Crippen molar-refractivity contribution >= 4 is 11.5 Å². The van der Waals surface area contributed by atoms with E-state index in [-0.39, 0.29) is 5.54 Å². The van der Waals surface area contributed by atoms with Gasteiger partial charge in [-0.15, -0.1) is 6.58 Å². The molecule has 15 heavy (non-hydrogen) atoms. The molecular formula is C12H19N3. The Balaban J connectivity index is 3.04. The molecule has 0 atom stereocenters. The van der Waals surface area contributed by atoms with Crippen LogP contribution < -0.4 is 10.6 Å². The molecule has 1 rings (SSSR count). The van der Waals surface area contributed by atoms with Gasteiger partial charge < -0.3 is 10.6 Å². The molecule has 1 heterocycles. The lowest BCUT2D eigenvalue weighted by molar-refractivity contribution is 0.517. The number of hydrogen-bond acceptors (Lipinski definition) is 3.